The van der Waals surface area contributed by atoms with Crippen molar-refractivity contribution in [2.75, 3.05) is 52.5 Å². The summed E-state index contributed by atoms with van der Waals surface area (Å²) in [7, 11) is 0. The number of aliphatic hydroxyl groups is 2. The van der Waals surface area contributed by atoms with Gasteiger partial charge in [0.25, 0.3) is 0 Å². The lowest BCUT2D eigenvalue weighted by atomic mass is 10.1. The second kappa shape index (κ2) is 12.3. The number of hydrogen-bond donors (Lipinski definition) is 2. The summed E-state index contributed by atoms with van der Waals surface area (Å²) < 4.78 is 11.6. The third-order valence-corrected chi connectivity index (χ3v) is 6.37. The van der Waals surface area contributed by atoms with Crippen molar-refractivity contribution in [3.8, 4) is 22.6 Å². The molecule has 7 heteroatoms. The molecule has 2 atom stereocenters. The zero-order chi connectivity index (χ0) is 24.7. The summed E-state index contributed by atoms with van der Waals surface area (Å²) in [5.41, 5.74) is 2.90. The van der Waals surface area contributed by atoms with Gasteiger partial charge in [0.1, 0.15) is 36.9 Å². The molecule has 2 unspecified atom stereocenters. The van der Waals surface area contributed by atoms with Crippen LogP contribution in [0.25, 0.3) is 11.1 Å². The Morgan fingerprint density at radius 2 is 1.06 bits per heavy atom. The number of fused-ring (bicyclic) bond motifs is 3. The first kappa shape index (κ1) is 26.2. The maximum atomic E-state index is 13.1. The highest BCUT2D eigenvalue weighted by Gasteiger charge is 2.28. The largest absolute Gasteiger partial charge is 0.491 e. The molecule has 1 aliphatic rings. The van der Waals surface area contributed by atoms with Crippen molar-refractivity contribution in [1.29, 1.82) is 0 Å². The number of benzene rings is 2. The van der Waals surface area contributed by atoms with Crippen LogP contribution in [-0.4, -0.2) is 90.5 Å². The van der Waals surface area contributed by atoms with Crippen molar-refractivity contribution >= 4 is 5.78 Å². The van der Waals surface area contributed by atoms with Crippen molar-refractivity contribution in [3.05, 3.63) is 47.5 Å². The van der Waals surface area contributed by atoms with Crippen molar-refractivity contribution in [2.24, 2.45) is 0 Å². The molecule has 0 saturated heterocycles. The van der Waals surface area contributed by atoms with Gasteiger partial charge < -0.3 is 29.5 Å². The van der Waals surface area contributed by atoms with Crippen LogP contribution in [0.1, 0.15) is 43.6 Å². The molecule has 186 valence electrons. The van der Waals surface area contributed by atoms with E-state index in [0.29, 0.717) is 35.7 Å². The van der Waals surface area contributed by atoms with Gasteiger partial charge in [-0.3, -0.25) is 4.79 Å². The summed E-state index contributed by atoms with van der Waals surface area (Å²) >= 11 is 0. The second-order valence-corrected chi connectivity index (χ2v) is 8.65. The molecule has 0 amide bonds. The Kier molecular flexibility index (Phi) is 9.47. The minimum atomic E-state index is -0.599. The van der Waals surface area contributed by atoms with Gasteiger partial charge in [0.15, 0.2) is 5.78 Å². The van der Waals surface area contributed by atoms with Gasteiger partial charge in [0, 0.05) is 24.2 Å². The van der Waals surface area contributed by atoms with Gasteiger partial charge in [-0.2, -0.15) is 0 Å². The number of rotatable bonds is 14. The summed E-state index contributed by atoms with van der Waals surface area (Å²) in [6.45, 7) is 13.2. The minimum Gasteiger partial charge on any atom is -0.491 e. The summed E-state index contributed by atoms with van der Waals surface area (Å²) in [5.74, 6) is 1.05. The SMILES string of the molecule is CCN(CC)CC(O)COc1ccc2c(c1)C(=O)c1cc(OCC(O)CN(CC)CC)ccc1-2. The van der Waals surface area contributed by atoms with Gasteiger partial charge in [-0.05, 0) is 73.7 Å². The monoisotopic (exact) mass is 470 g/mol. The summed E-state index contributed by atoms with van der Waals surface area (Å²) in [4.78, 5) is 17.4. The zero-order valence-electron chi connectivity index (χ0n) is 20.8. The van der Waals surface area contributed by atoms with Gasteiger partial charge in [-0.1, -0.05) is 27.7 Å². The van der Waals surface area contributed by atoms with E-state index in [-0.39, 0.29) is 19.0 Å². The first-order valence-corrected chi connectivity index (χ1v) is 12.3. The first-order chi connectivity index (χ1) is 16.4. The molecule has 0 radical (unpaired) electrons. The van der Waals surface area contributed by atoms with Crippen molar-refractivity contribution < 1.29 is 24.5 Å². The zero-order valence-corrected chi connectivity index (χ0v) is 20.8. The lowest BCUT2D eigenvalue weighted by Crippen LogP contribution is -2.35. The molecule has 0 heterocycles. The van der Waals surface area contributed by atoms with Crippen LogP contribution < -0.4 is 9.47 Å². The molecule has 2 aromatic carbocycles. The Morgan fingerprint density at radius 1 is 0.676 bits per heavy atom. The van der Waals surface area contributed by atoms with Gasteiger partial charge in [0.05, 0.1) is 0 Å². The van der Waals surface area contributed by atoms with Gasteiger partial charge in [0.2, 0.25) is 0 Å². The molecule has 34 heavy (non-hydrogen) atoms. The quantitative estimate of drug-likeness (QED) is 0.375. The molecule has 0 aromatic heterocycles. The highest BCUT2D eigenvalue weighted by atomic mass is 16.5. The lowest BCUT2D eigenvalue weighted by molar-refractivity contribution is 0.0716. The molecular weight excluding hydrogens is 432 g/mol. The molecule has 0 bridgehead atoms. The van der Waals surface area contributed by atoms with E-state index in [9.17, 15) is 15.0 Å². The smallest absolute Gasteiger partial charge is 0.194 e. The van der Waals surface area contributed by atoms with E-state index in [2.05, 4.69) is 37.5 Å². The molecule has 0 saturated carbocycles. The predicted octanol–water partition coefficient (Wildman–Crippen LogP) is 3.06. The standard InChI is InChI=1S/C27H38N2O5/c1-5-28(6-2)15-19(30)17-33-21-9-11-23-24-12-10-22(14-26(24)27(32)25(23)13-21)34-18-20(31)16-29(7-3)8-4/h9-14,19-20,30-31H,5-8,15-18H2,1-4H3. The van der Waals surface area contributed by atoms with Crippen LogP contribution in [0.3, 0.4) is 0 Å². The number of ether oxygens (including phenoxy) is 2. The van der Waals surface area contributed by atoms with Crippen molar-refractivity contribution in [3.63, 3.8) is 0 Å². The number of ketones is 1. The van der Waals surface area contributed by atoms with Crippen LogP contribution >= 0.6 is 0 Å². The van der Waals surface area contributed by atoms with Crippen LogP contribution in [0.2, 0.25) is 0 Å². The molecule has 0 fully saturated rings. The molecule has 7 nitrogen and oxygen atoms in total. The minimum absolute atomic E-state index is 0.0757. The van der Waals surface area contributed by atoms with E-state index < -0.39 is 12.2 Å². The average molecular weight is 471 g/mol. The third kappa shape index (κ3) is 6.36. The summed E-state index contributed by atoms with van der Waals surface area (Å²) in [5, 5.41) is 20.5. The van der Waals surface area contributed by atoms with Crippen LogP contribution in [-0.2, 0) is 0 Å². The topological polar surface area (TPSA) is 82.5 Å². The van der Waals surface area contributed by atoms with E-state index in [1.165, 1.54) is 0 Å². The van der Waals surface area contributed by atoms with Crippen LogP contribution in [0.5, 0.6) is 11.5 Å². The fraction of sp³-hybridized carbons (Fsp3) is 0.519. The van der Waals surface area contributed by atoms with Crippen molar-refractivity contribution in [1.82, 2.24) is 9.80 Å². The maximum Gasteiger partial charge on any atom is 0.194 e. The molecule has 1 aliphatic carbocycles. The molecule has 3 rings (SSSR count). The van der Waals surface area contributed by atoms with Crippen LogP contribution in [0.4, 0.5) is 0 Å². The Hall–Kier alpha value is -2.45. The summed E-state index contributed by atoms with van der Waals surface area (Å²) in [6, 6.07) is 10.9. The Bertz CT molecular complexity index is 881. The second-order valence-electron chi connectivity index (χ2n) is 8.65. The Labute approximate surface area is 202 Å². The van der Waals surface area contributed by atoms with E-state index >= 15 is 0 Å². The highest BCUT2D eigenvalue weighted by Crippen LogP contribution is 2.39. The molecule has 0 aliphatic heterocycles. The lowest BCUT2D eigenvalue weighted by Gasteiger charge is -2.22. The number of carbonyl (C=O) groups is 1. The number of nitrogens with zero attached hydrogens (tertiary/aromatic N) is 2. The fourth-order valence-electron chi connectivity index (χ4n) is 4.27. The van der Waals surface area contributed by atoms with Gasteiger partial charge >= 0.3 is 0 Å². The molecular formula is C27H38N2O5. The van der Waals surface area contributed by atoms with E-state index in [1.54, 1.807) is 12.1 Å². The van der Waals surface area contributed by atoms with Crippen molar-refractivity contribution in [2.45, 2.75) is 39.9 Å². The number of aliphatic hydroxyl groups excluding tert-OH is 2. The van der Waals surface area contributed by atoms with E-state index in [1.807, 2.05) is 24.3 Å². The third-order valence-electron chi connectivity index (χ3n) is 6.37. The Morgan fingerprint density at radius 3 is 1.41 bits per heavy atom. The number of hydrogen-bond acceptors (Lipinski definition) is 7. The fourth-order valence-corrected chi connectivity index (χ4v) is 4.27. The molecule has 2 N–H and O–H groups in total. The van der Waals surface area contributed by atoms with Gasteiger partial charge in [-0.25, -0.2) is 0 Å². The van der Waals surface area contributed by atoms with Gasteiger partial charge in [-0.15, -0.1) is 0 Å². The number of carbonyl (C=O) groups excluding carboxylic acids is 1. The summed E-state index contributed by atoms with van der Waals surface area (Å²) in [6.07, 6.45) is -1.20. The predicted molar refractivity (Wildman–Crippen MR) is 134 cm³/mol. The van der Waals surface area contributed by atoms with E-state index in [0.717, 1.165) is 37.3 Å². The normalized spacial score (nSPS) is 14.3. The van der Waals surface area contributed by atoms with Crippen LogP contribution in [0.15, 0.2) is 36.4 Å². The maximum absolute atomic E-state index is 13.1. The molecule has 0 spiro atoms. The molecule has 2 aromatic rings. The highest BCUT2D eigenvalue weighted by molar-refractivity contribution is 6.22. The Balaban J connectivity index is 1.62. The first-order valence-electron chi connectivity index (χ1n) is 12.3. The average Bonchev–Trinajstić information content (AvgIpc) is 3.14. The van der Waals surface area contributed by atoms with Crippen LogP contribution in [0, 0.1) is 0 Å². The number of likely N-dealkylation sites (N-methyl/N-ethyl adjacent to an activating group) is 2. The van der Waals surface area contributed by atoms with E-state index in [4.69, 9.17) is 9.47 Å².